The third kappa shape index (κ3) is 6.70. The summed E-state index contributed by atoms with van der Waals surface area (Å²) in [4.78, 5) is 26.5. The minimum atomic E-state index is -4.14. The number of amides is 2. The Kier molecular flexibility index (Phi) is 8.92. The molecule has 9 heteroatoms. The van der Waals surface area contributed by atoms with Gasteiger partial charge in [0.15, 0.2) is 0 Å². The number of sulfonamides is 1. The van der Waals surface area contributed by atoms with Gasteiger partial charge in [0, 0.05) is 5.02 Å². The fraction of sp³-hybridized carbons (Fsp3) is 0.161. The van der Waals surface area contributed by atoms with Crippen LogP contribution in [0.5, 0.6) is 0 Å². The lowest BCUT2D eigenvalue weighted by molar-refractivity contribution is -0.114. The molecule has 0 aliphatic rings. The second kappa shape index (κ2) is 12.4. The largest absolute Gasteiger partial charge is 0.345 e. The zero-order chi connectivity index (χ0) is 28.9. The summed E-state index contributed by atoms with van der Waals surface area (Å²) in [6, 6.07) is 27.1. The predicted octanol–water partition coefficient (Wildman–Crippen LogP) is 6.28. The molecule has 0 heterocycles. The molecule has 0 unspecified atom stereocenters. The Bertz CT molecular complexity index is 1620. The van der Waals surface area contributed by atoms with Crippen molar-refractivity contribution in [3.8, 4) is 0 Å². The molecule has 0 saturated carbocycles. The van der Waals surface area contributed by atoms with Crippen LogP contribution in [0.3, 0.4) is 0 Å². The summed E-state index contributed by atoms with van der Waals surface area (Å²) >= 11 is 6.22. The smallest absolute Gasteiger partial charge is 0.264 e. The van der Waals surface area contributed by atoms with Gasteiger partial charge in [0.05, 0.1) is 27.9 Å². The predicted molar refractivity (Wildman–Crippen MR) is 159 cm³/mol. The Morgan fingerprint density at radius 3 is 2.23 bits per heavy atom. The molecule has 0 aromatic heterocycles. The number of rotatable bonds is 9. The number of anilines is 2. The van der Waals surface area contributed by atoms with Crippen molar-refractivity contribution in [3.63, 3.8) is 0 Å². The number of benzene rings is 4. The van der Waals surface area contributed by atoms with Gasteiger partial charge in [0.1, 0.15) is 6.54 Å². The molecule has 0 radical (unpaired) electrons. The Balaban J connectivity index is 1.61. The third-order valence-electron chi connectivity index (χ3n) is 6.43. The lowest BCUT2D eigenvalue weighted by Gasteiger charge is -2.26. The Hall–Kier alpha value is -4.14. The van der Waals surface area contributed by atoms with E-state index in [1.807, 2.05) is 44.2 Å². The molecule has 0 aliphatic carbocycles. The summed E-state index contributed by atoms with van der Waals surface area (Å²) in [6.45, 7) is 4.94. The highest BCUT2D eigenvalue weighted by molar-refractivity contribution is 7.92. The zero-order valence-electron chi connectivity index (χ0n) is 22.4. The monoisotopic (exact) mass is 575 g/mol. The van der Waals surface area contributed by atoms with Gasteiger partial charge in [-0.15, -0.1) is 0 Å². The number of hydrogen-bond donors (Lipinski definition) is 2. The number of nitrogens with one attached hydrogen (secondary N) is 2. The molecular weight excluding hydrogens is 546 g/mol. The first-order valence-electron chi connectivity index (χ1n) is 12.7. The number of halogens is 1. The fourth-order valence-corrected chi connectivity index (χ4v) is 5.84. The van der Waals surface area contributed by atoms with Gasteiger partial charge in [-0.05, 0) is 68.3 Å². The number of carbonyl (C=O) groups is 2. The second-order valence-corrected chi connectivity index (χ2v) is 11.8. The van der Waals surface area contributed by atoms with Crippen LogP contribution in [0.2, 0.25) is 5.02 Å². The van der Waals surface area contributed by atoms with Crippen LogP contribution < -0.4 is 14.9 Å². The van der Waals surface area contributed by atoms with E-state index in [4.69, 9.17) is 11.6 Å². The maximum atomic E-state index is 13.8. The van der Waals surface area contributed by atoms with E-state index in [-0.39, 0.29) is 33.8 Å². The van der Waals surface area contributed by atoms with Gasteiger partial charge in [-0.1, -0.05) is 77.8 Å². The van der Waals surface area contributed by atoms with Crippen molar-refractivity contribution in [2.24, 2.45) is 0 Å². The first kappa shape index (κ1) is 28.9. The van der Waals surface area contributed by atoms with Gasteiger partial charge in [0.25, 0.3) is 15.9 Å². The molecule has 0 saturated heterocycles. The van der Waals surface area contributed by atoms with Crippen LogP contribution in [0, 0.1) is 13.8 Å². The molecule has 40 heavy (non-hydrogen) atoms. The fourth-order valence-electron chi connectivity index (χ4n) is 4.20. The van der Waals surface area contributed by atoms with Crippen molar-refractivity contribution in [1.29, 1.82) is 0 Å². The second-order valence-electron chi connectivity index (χ2n) is 9.46. The molecule has 2 N–H and O–H groups in total. The Morgan fingerprint density at radius 1 is 0.875 bits per heavy atom. The van der Waals surface area contributed by atoms with E-state index in [2.05, 4.69) is 10.6 Å². The SMILES string of the molecule is Cc1ccc(S(=O)(=O)N(CC(=O)Nc2ccccc2C(=O)N[C@H](C)c2ccccc2)c2cc(Cl)ccc2C)cc1. The summed E-state index contributed by atoms with van der Waals surface area (Å²) in [5.74, 6) is -0.992. The molecule has 2 amide bonds. The van der Waals surface area contributed by atoms with E-state index in [1.165, 1.54) is 18.2 Å². The van der Waals surface area contributed by atoms with Crippen LogP contribution in [0.15, 0.2) is 102 Å². The Labute approximate surface area is 239 Å². The van der Waals surface area contributed by atoms with Crippen molar-refractivity contribution < 1.29 is 18.0 Å². The molecule has 4 aromatic rings. The summed E-state index contributed by atoms with van der Waals surface area (Å²) in [6.07, 6.45) is 0. The van der Waals surface area contributed by atoms with Crippen molar-refractivity contribution in [2.75, 3.05) is 16.2 Å². The highest BCUT2D eigenvalue weighted by Gasteiger charge is 2.29. The first-order chi connectivity index (χ1) is 19.1. The van der Waals surface area contributed by atoms with Gasteiger partial charge < -0.3 is 10.6 Å². The number of aryl methyl sites for hydroxylation is 2. The van der Waals surface area contributed by atoms with E-state index in [9.17, 15) is 18.0 Å². The van der Waals surface area contributed by atoms with Crippen LogP contribution in [0.4, 0.5) is 11.4 Å². The molecule has 0 fully saturated rings. The number of hydrogen-bond acceptors (Lipinski definition) is 4. The van der Waals surface area contributed by atoms with Crippen LogP contribution in [0.25, 0.3) is 0 Å². The molecule has 0 aliphatic heterocycles. The minimum absolute atomic E-state index is 0.0416. The number of nitrogens with zero attached hydrogens (tertiary/aromatic N) is 1. The van der Waals surface area contributed by atoms with Gasteiger partial charge in [-0.3, -0.25) is 13.9 Å². The number of para-hydroxylation sites is 1. The van der Waals surface area contributed by atoms with Crippen molar-refractivity contribution in [2.45, 2.75) is 31.7 Å². The van der Waals surface area contributed by atoms with E-state index >= 15 is 0 Å². The third-order valence-corrected chi connectivity index (χ3v) is 8.44. The molecule has 0 spiro atoms. The first-order valence-corrected chi connectivity index (χ1v) is 14.5. The highest BCUT2D eigenvalue weighted by atomic mass is 35.5. The summed E-state index contributed by atoms with van der Waals surface area (Å²) in [5, 5.41) is 6.01. The van der Waals surface area contributed by atoms with Gasteiger partial charge in [-0.2, -0.15) is 0 Å². The summed E-state index contributed by atoms with van der Waals surface area (Å²) in [7, 11) is -4.14. The van der Waals surface area contributed by atoms with Gasteiger partial charge in [-0.25, -0.2) is 8.42 Å². The van der Waals surface area contributed by atoms with Crippen molar-refractivity contribution in [3.05, 3.63) is 124 Å². The number of carbonyl (C=O) groups excluding carboxylic acids is 2. The lowest BCUT2D eigenvalue weighted by Crippen LogP contribution is -2.39. The Morgan fingerprint density at radius 2 is 1.52 bits per heavy atom. The standard InChI is InChI=1S/C31H30ClN3O4S/c1-21-13-17-26(18-14-21)40(38,39)35(29-19-25(32)16-15-22(29)2)20-30(36)34-28-12-8-7-11-27(28)31(37)33-23(3)24-9-5-4-6-10-24/h4-19,23H,20H2,1-3H3,(H,33,37)(H,34,36)/t23-/m1/s1. The molecule has 4 aromatic carbocycles. The minimum Gasteiger partial charge on any atom is -0.345 e. The van der Waals surface area contributed by atoms with E-state index < -0.39 is 22.5 Å². The van der Waals surface area contributed by atoms with E-state index in [1.54, 1.807) is 55.5 Å². The average Bonchev–Trinajstić information content (AvgIpc) is 2.94. The quantitative estimate of drug-likeness (QED) is 0.245. The normalized spacial score (nSPS) is 11.9. The highest BCUT2D eigenvalue weighted by Crippen LogP contribution is 2.30. The van der Waals surface area contributed by atoms with Gasteiger partial charge >= 0.3 is 0 Å². The van der Waals surface area contributed by atoms with Crippen molar-refractivity contribution in [1.82, 2.24) is 5.32 Å². The molecular formula is C31H30ClN3O4S. The van der Waals surface area contributed by atoms with E-state index in [0.29, 0.717) is 10.6 Å². The summed E-state index contributed by atoms with van der Waals surface area (Å²) in [5.41, 5.74) is 3.27. The average molecular weight is 576 g/mol. The maximum absolute atomic E-state index is 13.8. The van der Waals surface area contributed by atoms with Gasteiger partial charge in [0.2, 0.25) is 5.91 Å². The molecule has 0 bridgehead atoms. The van der Waals surface area contributed by atoms with Crippen molar-refractivity contribution >= 4 is 44.8 Å². The summed E-state index contributed by atoms with van der Waals surface area (Å²) < 4.78 is 28.6. The van der Waals surface area contributed by atoms with E-state index in [0.717, 1.165) is 15.4 Å². The molecule has 4 rings (SSSR count). The molecule has 7 nitrogen and oxygen atoms in total. The van der Waals surface area contributed by atoms with Crippen LogP contribution >= 0.6 is 11.6 Å². The van der Waals surface area contributed by atoms with Crippen LogP contribution in [-0.4, -0.2) is 26.8 Å². The maximum Gasteiger partial charge on any atom is 0.264 e. The molecule has 206 valence electrons. The molecule has 1 atom stereocenters. The van der Waals surface area contributed by atoms with Crippen LogP contribution in [0.1, 0.15) is 40.0 Å². The zero-order valence-corrected chi connectivity index (χ0v) is 24.0. The van der Waals surface area contributed by atoms with Crippen LogP contribution in [-0.2, 0) is 14.8 Å². The lowest BCUT2D eigenvalue weighted by atomic mass is 10.1. The topological polar surface area (TPSA) is 95.6 Å².